The van der Waals surface area contributed by atoms with E-state index in [4.69, 9.17) is 10.5 Å². The smallest absolute Gasteiger partial charge is 0.262 e. The third-order valence-electron chi connectivity index (χ3n) is 3.16. The maximum Gasteiger partial charge on any atom is 0.262 e. The Morgan fingerprint density at radius 3 is 2.29 bits per heavy atom. The number of methoxy groups -OCH3 is 1. The number of anilines is 2. The molecule has 0 amide bonds. The van der Waals surface area contributed by atoms with E-state index in [1.807, 2.05) is 6.92 Å². The molecule has 5 nitrogen and oxygen atoms in total. The van der Waals surface area contributed by atoms with Crippen LogP contribution in [0.2, 0.25) is 0 Å². The largest absolute Gasteiger partial charge is 0.494 e. The molecule has 2 aromatic carbocycles. The summed E-state index contributed by atoms with van der Waals surface area (Å²) >= 11 is 0. The SMILES string of the molecule is COc1cc(N)c(C)cc1NS(=O)(=O)c1ccc(C)cc1. The Kier molecular flexibility index (Phi) is 4.09. The highest BCUT2D eigenvalue weighted by molar-refractivity contribution is 7.92. The molecular formula is C15H18N2O3S. The van der Waals surface area contributed by atoms with Crippen molar-refractivity contribution in [3.05, 3.63) is 47.5 Å². The van der Waals surface area contributed by atoms with Gasteiger partial charge in [-0.2, -0.15) is 0 Å². The van der Waals surface area contributed by atoms with Gasteiger partial charge in [-0.15, -0.1) is 0 Å². The maximum absolute atomic E-state index is 12.4. The Balaban J connectivity index is 2.41. The van der Waals surface area contributed by atoms with Crippen LogP contribution in [0.25, 0.3) is 0 Å². The summed E-state index contributed by atoms with van der Waals surface area (Å²) in [5.74, 6) is 0.383. The van der Waals surface area contributed by atoms with E-state index in [-0.39, 0.29) is 4.90 Å². The lowest BCUT2D eigenvalue weighted by atomic mass is 10.2. The van der Waals surface area contributed by atoms with Crippen molar-refractivity contribution in [3.8, 4) is 5.75 Å². The van der Waals surface area contributed by atoms with Crippen LogP contribution in [0.1, 0.15) is 11.1 Å². The molecule has 0 heterocycles. The van der Waals surface area contributed by atoms with E-state index in [1.165, 1.54) is 7.11 Å². The van der Waals surface area contributed by atoms with Crippen LogP contribution in [0.4, 0.5) is 11.4 Å². The van der Waals surface area contributed by atoms with E-state index in [9.17, 15) is 8.42 Å². The third-order valence-corrected chi connectivity index (χ3v) is 4.55. The van der Waals surface area contributed by atoms with Crippen LogP contribution in [0, 0.1) is 13.8 Å². The average molecular weight is 306 g/mol. The van der Waals surface area contributed by atoms with E-state index in [0.29, 0.717) is 17.1 Å². The van der Waals surface area contributed by atoms with Gasteiger partial charge >= 0.3 is 0 Å². The maximum atomic E-state index is 12.4. The molecule has 0 aromatic heterocycles. The molecule has 0 bridgehead atoms. The number of hydrogen-bond donors (Lipinski definition) is 2. The Morgan fingerprint density at radius 2 is 1.71 bits per heavy atom. The van der Waals surface area contributed by atoms with E-state index >= 15 is 0 Å². The van der Waals surface area contributed by atoms with Crippen molar-refractivity contribution in [2.75, 3.05) is 17.6 Å². The second-order valence-electron chi connectivity index (χ2n) is 4.83. The molecule has 3 N–H and O–H groups in total. The highest BCUT2D eigenvalue weighted by Crippen LogP contribution is 2.31. The van der Waals surface area contributed by atoms with Crippen LogP contribution in [0.15, 0.2) is 41.3 Å². The zero-order chi connectivity index (χ0) is 15.6. The normalized spacial score (nSPS) is 11.2. The first-order valence-corrected chi connectivity index (χ1v) is 7.85. The molecule has 0 atom stereocenters. The summed E-state index contributed by atoms with van der Waals surface area (Å²) in [5.41, 5.74) is 8.48. The van der Waals surface area contributed by atoms with Gasteiger partial charge < -0.3 is 10.5 Å². The molecule has 0 unspecified atom stereocenters. The van der Waals surface area contributed by atoms with Crippen LogP contribution < -0.4 is 15.2 Å². The molecular weight excluding hydrogens is 288 g/mol. The summed E-state index contributed by atoms with van der Waals surface area (Å²) in [6.07, 6.45) is 0. The minimum atomic E-state index is -3.66. The second-order valence-corrected chi connectivity index (χ2v) is 6.51. The summed E-state index contributed by atoms with van der Waals surface area (Å²) in [4.78, 5) is 0.199. The molecule has 0 fully saturated rings. The van der Waals surface area contributed by atoms with Gasteiger partial charge in [-0.05, 0) is 37.6 Å². The van der Waals surface area contributed by atoms with Gasteiger partial charge in [0.05, 0.1) is 17.7 Å². The molecule has 6 heteroatoms. The van der Waals surface area contributed by atoms with Crippen LogP contribution in [0.5, 0.6) is 5.75 Å². The molecule has 0 aliphatic carbocycles. The first-order valence-electron chi connectivity index (χ1n) is 6.37. The van der Waals surface area contributed by atoms with Gasteiger partial charge in [0.25, 0.3) is 10.0 Å². The van der Waals surface area contributed by atoms with Gasteiger partial charge in [0, 0.05) is 11.8 Å². The first kappa shape index (κ1) is 15.2. The number of ether oxygens (including phenoxy) is 1. The van der Waals surface area contributed by atoms with E-state index < -0.39 is 10.0 Å². The quantitative estimate of drug-likeness (QED) is 0.851. The van der Waals surface area contributed by atoms with E-state index in [2.05, 4.69) is 4.72 Å². The fourth-order valence-corrected chi connectivity index (χ4v) is 2.93. The van der Waals surface area contributed by atoms with Crippen molar-refractivity contribution in [1.29, 1.82) is 0 Å². The van der Waals surface area contributed by atoms with Crippen LogP contribution in [-0.2, 0) is 10.0 Å². The summed E-state index contributed by atoms with van der Waals surface area (Å²) in [6.45, 7) is 3.70. The second kappa shape index (κ2) is 5.65. The summed E-state index contributed by atoms with van der Waals surface area (Å²) in [5, 5.41) is 0. The van der Waals surface area contributed by atoms with Crippen molar-refractivity contribution < 1.29 is 13.2 Å². The van der Waals surface area contributed by atoms with Gasteiger partial charge in [-0.25, -0.2) is 8.42 Å². The van der Waals surface area contributed by atoms with E-state index in [1.54, 1.807) is 43.3 Å². The molecule has 0 aliphatic rings. The number of rotatable bonds is 4. The van der Waals surface area contributed by atoms with Gasteiger partial charge in [-0.1, -0.05) is 17.7 Å². The number of nitrogen functional groups attached to an aromatic ring is 1. The van der Waals surface area contributed by atoms with Crippen molar-refractivity contribution in [3.63, 3.8) is 0 Å². The van der Waals surface area contributed by atoms with Crippen molar-refractivity contribution >= 4 is 21.4 Å². The Bertz CT molecular complexity index is 753. The monoisotopic (exact) mass is 306 g/mol. The first-order chi connectivity index (χ1) is 9.83. The number of hydrogen-bond acceptors (Lipinski definition) is 4. The van der Waals surface area contributed by atoms with Crippen molar-refractivity contribution in [2.24, 2.45) is 0 Å². The summed E-state index contributed by atoms with van der Waals surface area (Å²) < 4.78 is 32.5. The zero-order valence-corrected chi connectivity index (χ0v) is 13.0. The third kappa shape index (κ3) is 3.28. The van der Waals surface area contributed by atoms with Crippen LogP contribution in [-0.4, -0.2) is 15.5 Å². The van der Waals surface area contributed by atoms with Crippen molar-refractivity contribution in [2.45, 2.75) is 18.7 Å². The molecule has 0 spiro atoms. The number of nitrogens with one attached hydrogen (secondary N) is 1. The van der Waals surface area contributed by atoms with Crippen LogP contribution in [0.3, 0.4) is 0 Å². The number of benzene rings is 2. The molecule has 2 aromatic rings. The minimum Gasteiger partial charge on any atom is -0.494 e. The average Bonchev–Trinajstić information content (AvgIpc) is 2.42. The predicted molar refractivity (Wildman–Crippen MR) is 84.1 cm³/mol. The molecule has 0 radical (unpaired) electrons. The molecule has 2 rings (SSSR count). The molecule has 21 heavy (non-hydrogen) atoms. The Hall–Kier alpha value is -2.21. The topological polar surface area (TPSA) is 81.4 Å². The predicted octanol–water partition coefficient (Wildman–Crippen LogP) is 2.70. The fourth-order valence-electron chi connectivity index (χ4n) is 1.87. The highest BCUT2D eigenvalue weighted by Gasteiger charge is 2.17. The lowest BCUT2D eigenvalue weighted by Crippen LogP contribution is -2.14. The van der Waals surface area contributed by atoms with Gasteiger partial charge in [-0.3, -0.25) is 4.72 Å². The number of aryl methyl sites for hydroxylation is 2. The lowest BCUT2D eigenvalue weighted by Gasteiger charge is -2.14. The number of nitrogens with two attached hydrogens (primary N) is 1. The van der Waals surface area contributed by atoms with Gasteiger partial charge in [0.1, 0.15) is 5.75 Å². The molecule has 0 aliphatic heterocycles. The standard InChI is InChI=1S/C15H18N2O3S/c1-10-4-6-12(7-5-10)21(18,19)17-14-8-11(2)13(16)9-15(14)20-3/h4-9,17H,16H2,1-3H3. The van der Waals surface area contributed by atoms with E-state index in [0.717, 1.165) is 11.1 Å². The van der Waals surface area contributed by atoms with Crippen LogP contribution >= 0.6 is 0 Å². The lowest BCUT2D eigenvalue weighted by molar-refractivity contribution is 0.417. The van der Waals surface area contributed by atoms with Gasteiger partial charge in [0.2, 0.25) is 0 Å². The summed E-state index contributed by atoms with van der Waals surface area (Å²) in [7, 11) is -2.20. The molecule has 0 saturated carbocycles. The van der Waals surface area contributed by atoms with Gasteiger partial charge in [0.15, 0.2) is 0 Å². The minimum absolute atomic E-state index is 0.199. The summed E-state index contributed by atoms with van der Waals surface area (Å²) in [6, 6.07) is 9.88. The Morgan fingerprint density at radius 1 is 1.10 bits per heavy atom. The zero-order valence-electron chi connectivity index (χ0n) is 12.2. The number of sulfonamides is 1. The fraction of sp³-hybridized carbons (Fsp3) is 0.200. The van der Waals surface area contributed by atoms with Crippen molar-refractivity contribution in [1.82, 2.24) is 0 Å². The molecule has 112 valence electrons. The Labute approximate surface area is 124 Å². The highest BCUT2D eigenvalue weighted by atomic mass is 32.2. The molecule has 0 saturated heterocycles.